The molecule has 0 radical (unpaired) electrons. The van der Waals surface area contributed by atoms with Gasteiger partial charge in [-0.3, -0.25) is 4.68 Å². The summed E-state index contributed by atoms with van der Waals surface area (Å²) in [7, 11) is 0. The molecule has 0 spiro atoms. The molecule has 0 saturated heterocycles. The summed E-state index contributed by atoms with van der Waals surface area (Å²) in [5, 5.41) is 9.47. The van der Waals surface area contributed by atoms with Crippen LogP contribution < -0.4 is 10.6 Å². The van der Waals surface area contributed by atoms with Gasteiger partial charge in [0, 0.05) is 30.2 Å². The minimum atomic E-state index is -4.35. The molecule has 0 saturated carbocycles. The Morgan fingerprint density at radius 1 is 1.41 bits per heavy atom. The van der Waals surface area contributed by atoms with Gasteiger partial charge in [-0.1, -0.05) is 0 Å². The molecule has 0 unspecified atom stereocenters. The van der Waals surface area contributed by atoms with Crippen molar-refractivity contribution in [1.29, 1.82) is 0 Å². The minimum Gasteiger partial charge on any atom is -0.337 e. The molecule has 2 aromatic heterocycles. The van der Waals surface area contributed by atoms with E-state index in [0.29, 0.717) is 17.6 Å². The van der Waals surface area contributed by atoms with E-state index in [0.717, 1.165) is 22.3 Å². The average molecular weight is 333 g/mol. The number of alkyl halides is 3. The van der Waals surface area contributed by atoms with Crippen LogP contribution in [0.2, 0.25) is 0 Å². The molecule has 2 amide bonds. The molecular weight excluding hydrogens is 319 g/mol. The average Bonchev–Trinajstić information content (AvgIpc) is 2.97. The number of hydrogen-bond acceptors (Lipinski definition) is 4. The van der Waals surface area contributed by atoms with Crippen LogP contribution in [0.4, 0.5) is 23.7 Å². The van der Waals surface area contributed by atoms with E-state index in [1.165, 1.54) is 0 Å². The summed E-state index contributed by atoms with van der Waals surface area (Å²) < 4.78 is 37.2. The topological polar surface area (TPSA) is 71.8 Å². The number of carbonyl (C=O) groups is 1. The Labute approximate surface area is 128 Å². The first-order chi connectivity index (χ1) is 10.3. The number of hydrogen-bond donors (Lipinski definition) is 2. The van der Waals surface area contributed by atoms with E-state index in [2.05, 4.69) is 20.7 Å². The summed E-state index contributed by atoms with van der Waals surface area (Å²) in [6, 6.07) is -0.500. The van der Waals surface area contributed by atoms with Crippen LogP contribution in [0.15, 0.2) is 18.6 Å². The van der Waals surface area contributed by atoms with Crippen LogP contribution in [0.3, 0.4) is 0 Å². The smallest absolute Gasteiger partial charge is 0.337 e. The van der Waals surface area contributed by atoms with Gasteiger partial charge in [-0.15, -0.1) is 11.3 Å². The molecule has 0 aliphatic rings. The van der Waals surface area contributed by atoms with Gasteiger partial charge in [-0.25, -0.2) is 9.78 Å². The number of thiazole rings is 1. The van der Waals surface area contributed by atoms with Crippen molar-refractivity contribution in [2.45, 2.75) is 26.1 Å². The van der Waals surface area contributed by atoms with Crippen molar-refractivity contribution >= 4 is 23.1 Å². The molecule has 6 nitrogen and oxygen atoms in total. The van der Waals surface area contributed by atoms with E-state index in [9.17, 15) is 18.0 Å². The molecule has 0 fully saturated rings. The number of amides is 2. The van der Waals surface area contributed by atoms with Crippen molar-refractivity contribution in [1.82, 2.24) is 20.1 Å². The lowest BCUT2D eigenvalue weighted by atomic mass is 10.4. The van der Waals surface area contributed by atoms with Crippen LogP contribution in [-0.4, -0.2) is 33.5 Å². The Bertz CT molecular complexity index is 637. The second-order valence-corrected chi connectivity index (χ2v) is 5.86. The molecule has 2 aromatic rings. The fraction of sp³-hybridized carbons (Fsp3) is 0.417. The molecule has 0 bridgehead atoms. The third kappa shape index (κ3) is 5.35. The molecule has 2 rings (SSSR count). The molecule has 10 heteroatoms. The SMILES string of the molecule is Cc1cnc(CCNC(=O)Nc2cnn(CC(F)(F)F)c2)s1. The normalized spacial score (nSPS) is 11.5. The van der Waals surface area contributed by atoms with Crippen molar-refractivity contribution in [3.05, 3.63) is 28.5 Å². The molecule has 2 N–H and O–H groups in total. The highest BCUT2D eigenvalue weighted by atomic mass is 32.1. The monoisotopic (exact) mass is 333 g/mol. The van der Waals surface area contributed by atoms with E-state index in [1.807, 2.05) is 6.92 Å². The summed E-state index contributed by atoms with van der Waals surface area (Å²) in [6.07, 6.45) is 0.290. The van der Waals surface area contributed by atoms with Crippen LogP contribution in [0, 0.1) is 6.92 Å². The summed E-state index contributed by atoms with van der Waals surface area (Å²) in [5.74, 6) is 0. The quantitative estimate of drug-likeness (QED) is 0.883. The molecule has 0 aliphatic carbocycles. The van der Waals surface area contributed by atoms with Crippen LogP contribution in [0.5, 0.6) is 0 Å². The fourth-order valence-corrected chi connectivity index (χ4v) is 2.46. The van der Waals surface area contributed by atoms with E-state index >= 15 is 0 Å². The third-order valence-corrected chi connectivity index (χ3v) is 3.50. The van der Waals surface area contributed by atoms with Gasteiger partial charge >= 0.3 is 12.2 Å². The summed E-state index contributed by atoms with van der Waals surface area (Å²) in [6.45, 7) is 1.13. The zero-order valence-corrected chi connectivity index (χ0v) is 12.5. The first-order valence-corrected chi connectivity index (χ1v) is 7.19. The van der Waals surface area contributed by atoms with Crippen molar-refractivity contribution in [3.8, 4) is 0 Å². The van der Waals surface area contributed by atoms with E-state index in [-0.39, 0.29) is 5.69 Å². The molecule has 120 valence electrons. The zero-order valence-electron chi connectivity index (χ0n) is 11.6. The van der Waals surface area contributed by atoms with Crippen LogP contribution in [0.1, 0.15) is 9.88 Å². The van der Waals surface area contributed by atoms with Gasteiger partial charge in [0.2, 0.25) is 0 Å². The van der Waals surface area contributed by atoms with E-state index < -0.39 is 18.8 Å². The predicted molar refractivity (Wildman–Crippen MR) is 75.9 cm³/mol. The first kappa shape index (κ1) is 16.3. The van der Waals surface area contributed by atoms with E-state index in [4.69, 9.17) is 0 Å². The maximum atomic E-state index is 12.2. The van der Waals surface area contributed by atoms with Crippen LogP contribution in [-0.2, 0) is 13.0 Å². The molecule has 2 heterocycles. The molecule has 0 atom stereocenters. The number of carbonyl (C=O) groups excluding carboxylic acids is 1. The zero-order chi connectivity index (χ0) is 16.2. The van der Waals surface area contributed by atoms with Gasteiger partial charge in [0.25, 0.3) is 0 Å². The maximum Gasteiger partial charge on any atom is 0.408 e. The minimum absolute atomic E-state index is 0.201. The lowest BCUT2D eigenvalue weighted by Gasteiger charge is -2.06. The lowest BCUT2D eigenvalue weighted by Crippen LogP contribution is -2.30. The summed E-state index contributed by atoms with van der Waals surface area (Å²) in [5.41, 5.74) is 0.201. The Hall–Kier alpha value is -2.10. The van der Waals surface area contributed by atoms with Crippen LogP contribution >= 0.6 is 11.3 Å². The second-order valence-electron chi connectivity index (χ2n) is 4.54. The Kier molecular flexibility index (Phi) is 5.01. The highest BCUT2D eigenvalue weighted by Gasteiger charge is 2.28. The third-order valence-electron chi connectivity index (χ3n) is 2.53. The van der Waals surface area contributed by atoms with Gasteiger partial charge in [-0.2, -0.15) is 18.3 Å². The number of halogens is 3. The lowest BCUT2D eigenvalue weighted by molar-refractivity contribution is -0.142. The fourth-order valence-electron chi connectivity index (χ4n) is 1.67. The Morgan fingerprint density at radius 3 is 2.82 bits per heavy atom. The maximum absolute atomic E-state index is 12.2. The number of aryl methyl sites for hydroxylation is 1. The standard InChI is InChI=1S/C12H14F3N5OS/c1-8-4-17-10(22-8)2-3-16-11(21)19-9-5-18-20(6-9)7-12(13,14)15/h4-6H,2-3,7H2,1H3,(H2,16,19,21). The molecule has 22 heavy (non-hydrogen) atoms. The van der Waals surface area contributed by atoms with Crippen LogP contribution in [0.25, 0.3) is 0 Å². The molecule has 0 aliphatic heterocycles. The summed E-state index contributed by atoms with van der Waals surface area (Å²) in [4.78, 5) is 16.9. The highest BCUT2D eigenvalue weighted by molar-refractivity contribution is 7.11. The second kappa shape index (κ2) is 6.77. The van der Waals surface area contributed by atoms with Gasteiger partial charge < -0.3 is 10.6 Å². The van der Waals surface area contributed by atoms with Crippen molar-refractivity contribution < 1.29 is 18.0 Å². The number of urea groups is 1. The van der Waals surface area contributed by atoms with E-state index in [1.54, 1.807) is 17.5 Å². The number of rotatable bonds is 5. The summed E-state index contributed by atoms with van der Waals surface area (Å²) >= 11 is 1.55. The Morgan fingerprint density at radius 2 is 2.18 bits per heavy atom. The van der Waals surface area contributed by atoms with Gasteiger partial charge in [0.15, 0.2) is 0 Å². The van der Waals surface area contributed by atoms with Crippen molar-refractivity contribution in [2.24, 2.45) is 0 Å². The highest BCUT2D eigenvalue weighted by Crippen LogP contribution is 2.18. The number of aromatic nitrogens is 3. The number of nitrogens with zero attached hydrogens (tertiary/aromatic N) is 3. The largest absolute Gasteiger partial charge is 0.408 e. The van der Waals surface area contributed by atoms with Gasteiger partial charge in [-0.05, 0) is 6.92 Å². The molecule has 0 aromatic carbocycles. The van der Waals surface area contributed by atoms with Crippen molar-refractivity contribution in [2.75, 3.05) is 11.9 Å². The predicted octanol–water partition coefficient (Wildman–Crippen LogP) is 2.57. The number of nitrogens with one attached hydrogen (secondary N) is 2. The Balaban J connectivity index is 1.75. The first-order valence-electron chi connectivity index (χ1n) is 6.37. The number of anilines is 1. The molecular formula is C12H14F3N5OS. The van der Waals surface area contributed by atoms with Crippen molar-refractivity contribution in [3.63, 3.8) is 0 Å². The van der Waals surface area contributed by atoms with Gasteiger partial charge in [0.1, 0.15) is 6.54 Å². The van der Waals surface area contributed by atoms with Gasteiger partial charge in [0.05, 0.1) is 16.9 Å².